The molecule has 5 heteroatoms. The third kappa shape index (κ3) is 2.76. The summed E-state index contributed by atoms with van der Waals surface area (Å²) < 4.78 is 0. The van der Waals surface area contributed by atoms with Crippen LogP contribution in [0.2, 0.25) is 5.02 Å². The van der Waals surface area contributed by atoms with Crippen molar-refractivity contribution in [1.29, 1.82) is 0 Å². The van der Waals surface area contributed by atoms with Crippen molar-refractivity contribution >= 4 is 23.2 Å². The van der Waals surface area contributed by atoms with Crippen molar-refractivity contribution in [3.05, 3.63) is 28.8 Å². The Morgan fingerprint density at radius 3 is 2.61 bits per heavy atom. The number of carbonyl (C=O) groups is 1. The first-order valence-electron chi connectivity index (χ1n) is 6.16. The van der Waals surface area contributed by atoms with E-state index in [1.54, 1.807) is 18.2 Å². The van der Waals surface area contributed by atoms with Gasteiger partial charge in [0, 0.05) is 18.7 Å². The molecule has 1 heterocycles. The number of nitrogen functional groups attached to an aromatic ring is 1. The van der Waals surface area contributed by atoms with E-state index in [9.17, 15) is 4.79 Å². The minimum Gasteiger partial charge on any atom is -0.398 e. The van der Waals surface area contributed by atoms with Gasteiger partial charge in [0.15, 0.2) is 0 Å². The Bertz CT molecular complexity index is 442. The molecule has 0 aromatic heterocycles. The van der Waals surface area contributed by atoms with E-state index in [1.165, 1.54) is 0 Å². The average Bonchev–Trinajstić information content (AvgIpc) is 2.41. The maximum atomic E-state index is 12.3. The quantitative estimate of drug-likeness (QED) is 0.802. The van der Waals surface area contributed by atoms with E-state index in [0.29, 0.717) is 28.7 Å². The zero-order chi connectivity index (χ0) is 13.1. The summed E-state index contributed by atoms with van der Waals surface area (Å²) >= 11 is 5.93. The predicted molar refractivity (Wildman–Crippen MR) is 73.5 cm³/mol. The largest absolute Gasteiger partial charge is 0.398 e. The summed E-state index contributed by atoms with van der Waals surface area (Å²) in [6.07, 6.45) is 1.95. The highest BCUT2D eigenvalue weighted by Crippen LogP contribution is 2.22. The van der Waals surface area contributed by atoms with Crippen LogP contribution >= 0.6 is 11.6 Å². The highest BCUT2D eigenvalue weighted by Gasteiger charge is 2.23. The van der Waals surface area contributed by atoms with Crippen LogP contribution in [0.1, 0.15) is 23.2 Å². The van der Waals surface area contributed by atoms with Gasteiger partial charge in [0.2, 0.25) is 0 Å². The third-order valence-corrected chi connectivity index (χ3v) is 3.81. The average molecular weight is 268 g/mol. The molecular formula is C13H18ClN3O. The van der Waals surface area contributed by atoms with Gasteiger partial charge in [0.25, 0.3) is 5.91 Å². The van der Waals surface area contributed by atoms with Crippen molar-refractivity contribution in [3.8, 4) is 0 Å². The Hall–Kier alpha value is -1.26. The highest BCUT2D eigenvalue weighted by molar-refractivity contribution is 6.33. The summed E-state index contributed by atoms with van der Waals surface area (Å²) in [6, 6.07) is 5.02. The monoisotopic (exact) mass is 267 g/mol. The molecule has 1 aliphatic rings. The number of nitrogens with two attached hydrogens (primary N) is 2. The molecule has 98 valence electrons. The SMILES string of the molecule is NCC1CCN(C(=O)c2ccc(N)c(Cl)c2)CC1. The molecule has 0 saturated carbocycles. The zero-order valence-corrected chi connectivity index (χ0v) is 11.0. The van der Waals surface area contributed by atoms with Crippen molar-refractivity contribution in [3.63, 3.8) is 0 Å². The fraction of sp³-hybridized carbons (Fsp3) is 0.462. The van der Waals surface area contributed by atoms with Crippen molar-refractivity contribution in [2.75, 3.05) is 25.4 Å². The molecule has 0 unspecified atom stereocenters. The Morgan fingerprint density at radius 1 is 1.39 bits per heavy atom. The van der Waals surface area contributed by atoms with E-state index in [-0.39, 0.29) is 5.91 Å². The lowest BCUT2D eigenvalue weighted by atomic mass is 9.96. The Kier molecular flexibility index (Phi) is 4.09. The molecule has 1 amide bonds. The van der Waals surface area contributed by atoms with Crippen molar-refractivity contribution in [2.24, 2.45) is 11.7 Å². The lowest BCUT2D eigenvalue weighted by Gasteiger charge is -2.31. The molecule has 18 heavy (non-hydrogen) atoms. The number of hydrogen-bond donors (Lipinski definition) is 2. The molecule has 0 radical (unpaired) electrons. The van der Waals surface area contributed by atoms with Gasteiger partial charge < -0.3 is 16.4 Å². The molecule has 0 atom stereocenters. The molecule has 1 saturated heterocycles. The molecule has 0 bridgehead atoms. The predicted octanol–water partition coefficient (Wildman–Crippen LogP) is 1.73. The molecule has 4 nitrogen and oxygen atoms in total. The van der Waals surface area contributed by atoms with E-state index >= 15 is 0 Å². The molecular weight excluding hydrogens is 250 g/mol. The lowest BCUT2D eigenvalue weighted by molar-refractivity contribution is 0.0693. The Labute approximate surface area is 112 Å². The van der Waals surface area contributed by atoms with Gasteiger partial charge in [-0.2, -0.15) is 0 Å². The Balaban J connectivity index is 2.05. The van der Waals surface area contributed by atoms with E-state index in [1.807, 2.05) is 4.90 Å². The number of carbonyl (C=O) groups excluding carboxylic acids is 1. The zero-order valence-electron chi connectivity index (χ0n) is 10.2. The van der Waals surface area contributed by atoms with Crippen LogP contribution in [-0.2, 0) is 0 Å². The number of likely N-dealkylation sites (tertiary alicyclic amines) is 1. The van der Waals surface area contributed by atoms with Crippen molar-refractivity contribution in [1.82, 2.24) is 4.90 Å². The number of benzene rings is 1. The third-order valence-electron chi connectivity index (χ3n) is 3.48. The lowest BCUT2D eigenvalue weighted by Crippen LogP contribution is -2.40. The van der Waals surface area contributed by atoms with Gasteiger partial charge in [-0.1, -0.05) is 11.6 Å². The van der Waals surface area contributed by atoms with Crippen molar-refractivity contribution < 1.29 is 4.79 Å². The second kappa shape index (κ2) is 5.59. The topological polar surface area (TPSA) is 72.3 Å². The normalized spacial score (nSPS) is 16.9. The van der Waals surface area contributed by atoms with Crippen LogP contribution in [0.4, 0.5) is 5.69 Å². The summed E-state index contributed by atoms with van der Waals surface area (Å²) in [6.45, 7) is 2.24. The molecule has 1 aliphatic heterocycles. The molecule has 1 aromatic rings. The van der Waals surface area contributed by atoms with Crippen LogP contribution in [0.25, 0.3) is 0 Å². The van der Waals surface area contributed by atoms with Gasteiger partial charge >= 0.3 is 0 Å². The standard InChI is InChI=1S/C13H18ClN3O/c14-11-7-10(1-2-12(11)16)13(18)17-5-3-9(8-15)4-6-17/h1-2,7,9H,3-6,8,15-16H2. The maximum Gasteiger partial charge on any atom is 0.253 e. The molecule has 0 spiro atoms. The van der Waals surface area contributed by atoms with Gasteiger partial charge in [-0.25, -0.2) is 0 Å². The molecule has 2 rings (SSSR count). The Morgan fingerprint density at radius 2 is 2.06 bits per heavy atom. The van der Waals surface area contributed by atoms with Crippen LogP contribution in [0.5, 0.6) is 0 Å². The number of anilines is 1. The molecule has 1 fully saturated rings. The second-order valence-electron chi connectivity index (χ2n) is 4.71. The van der Waals surface area contributed by atoms with Crippen LogP contribution in [0, 0.1) is 5.92 Å². The molecule has 0 aliphatic carbocycles. The van der Waals surface area contributed by atoms with Gasteiger partial charge in [-0.15, -0.1) is 0 Å². The fourth-order valence-corrected chi connectivity index (χ4v) is 2.40. The molecule has 1 aromatic carbocycles. The summed E-state index contributed by atoms with van der Waals surface area (Å²) in [7, 11) is 0. The van der Waals surface area contributed by atoms with Crippen LogP contribution in [0.3, 0.4) is 0 Å². The summed E-state index contributed by atoms with van der Waals surface area (Å²) in [5, 5.41) is 0.428. The second-order valence-corrected chi connectivity index (χ2v) is 5.11. The van der Waals surface area contributed by atoms with Gasteiger partial charge in [0.1, 0.15) is 0 Å². The number of hydrogen-bond acceptors (Lipinski definition) is 3. The maximum absolute atomic E-state index is 12.3. The van der Waals surface area contributed by atoms with E-state index in [0.717, 1.165) is 25.9 Å². The smallest absolute Gasteiger partial charge is 0.253 e. The number of amides is 1. The van der Waals surface area contributed by atoms with Crippen molar-refractivity contribution in [2.45, 2.75) is 12.8 Å². The highest BCUT2D eigenvalue weighted by atomic mass is 35.5. The first-order valence-corrected chi connectivity index (χ1v) is 6.54. The number of piperidine rings is 1. The summed E-state index contributed by atoms with van der Waals surface area (Å²) in [5.41, 5.74) is 12.4. The van der Waals surface area contributed by atoms with E-state index in [2.05, 4.69) is 0 Å². The first-order chi connectivity index (χ1) is 8.61. The summed E-state index contributed by atoms with van der Waals surface area (Å²) in [4.78, 5) is 14.1. The number of halogens is 1. The molecule has 4 N–H and O–H groups in total. The number of rotatable bonds is 2. The van der Waals surface area contributed by atoms with E-state index in [4.69, 9.17) is 23.1 Å². The van der Waals surface area contributed by atoms with Crippen LogP contribution < -0.4 is 11.5 Å². The van der Waals surface area contributed by atoms with Crippen LogP contribution in [0.15, 0.2) is 18.2 Å². The van der Waals surface area contributed by atoms with Gasteiger partial charge in [0.05, 0.1) is 10.7 Å². The number of nitrogens with zero attached hydrogens (tertiary/aromatic N) is 1. The van der Waals surface area contributed by atoms with E-state index < -0.39 is 0 Å². The van der Waals surface area contributed by atoms with Gasteiger partial charge in [-0.3, -0.25) is 4.79 Å². The minimum atomic E-state index is 0.0207. The summed E-state index contributed by atoms with van der Waals surface area (Å²) in [5.74, 6) is 0.566. The van der Waals surface area contributed by atoms with Crippen LogP contribution in [-0.4, -0.2) is 30.4 Å². The fourth-order valence-electron chi connectivity index (χ4n) is 2.21. The first kappa shape index (κ1) is 13.2. The minimum absolute atomic E-state index is 0.0207. The van der Waals surface area contributed by atoms with Gasteiger partial charge in [-0.05, 0) is 43.5 Å².